The number of rotatable bonds is 9. The zero-order chi connectivity index (χ0) is 17.5. The van der Waals surface area contributed by atoms with Crippen molar-refractivity contribution in [2.45, 2.75) is 19.5 Å². The van der Waals surface area contributed by atoms with Crippen molar-refractivity contribution in [1.82, 2.24) is 9.80 Å². The Bertz CT molecular complexity index is 611. The Kier molecular flexibility index (Phi) is 6.70. The fourth-order valence-electron chi connectivity index (χ4n) is 2.49. The maximum atomic E-state index is 6.02. The normalized spacial score (nSPS) is 12.6. The molecule has 0 fully saturated rings. The highest BCUT2D eigenvalue weighted by Gasteiger charge is 2.18. The van der Waals surface area contributed by atoms with E-state index in [1.54, 1.807) is 13.4 Å². The monoisotopic (exact) mass is 332 g/mol. The van der Waals surface area contributed by atoms with E-state index in [0.717, 1.165) is 35.9 Å². The van der Waals surface area contributed by atoms with Crippen LogP contribution in [0.25, 0.3) is 0 Å². The Morgan fingerprint density at radius 3 is 2.54 bits per heavy atom. The number of benzene rings is 1. The Labute approximate surface area is 144 Å². The Balaban J connectivity index is 2.13. The van der Waals surface area contributed by atoms with Crippen molar-refractivity contribution in [2.75, 3.05) is 41.4 Å². The topological polar surface area (TPSA) is 38.1 Å². The van der Waals surface area contributed by atoms with Crippen molar-refractivity contribution in [3.05, 3.63) is 47.9 Å². The maximum absolute atomic E-state index is 6.02. The highest BCUT2D eigenvalue weighted by atomic mass is 16.5. The molecular formula is C19H28N2O3. The van der Waals surface area contributed by atoms with Crippen LogP contribution in [0.3, 0.4) is 0 Å². The second kappa shape index (κ2) is 8.76. The highest BCUT2D eigenvalue weighted by molar-refractivity contribution is 5.46. The van der Waals surface area contributed by atoms with Crippen LogP contribution >= 0.6 is 0 Å². The van der Waals surface area contributed by atoms with E-state index in [-0.39, 0.29) is 6.04 Å². The lowest BCUT2D eigenvalue weighted by Crippen LogP contribution is -2.23. The molecule has 1 atom stereocenters. The zero-order valence-corrected chi connectivity index (χ0v) is 15.3. The van der Waals surface area contributed by atoms with Crippen molar-refractivity contribution in [1.29, 1.82) is 0 Å². The summed E-state index contributed by atoms with van der Waals surface area (Å²) in [7, 11) is 7.82. The molecule has 0 amide bonds. The lowest BCUT2D eigenvalue weighted by molar-refractivity contribution is 0.212. The fourth-order valence-corrected chi connectivity index (χ4v) is 2.49. The second-order valence-electron chi connectivity index (χ2n) is 6.21. The number of para-hydroxylation sites is 1. The van der Waals surface area contributed by atoms with Crippen LogP contribution < -0.4 is 9.47 Å². The standard InChI is InChI=1S/C19H28N2O3/c1-15(17-10-7-12-23-17)21(4)14-16-8-6-9-18(22-5)19(16)24-13-11-20(2)3/h6-10,12,15H,11,13-14H2,1-5H3/t15-/m0/s1. The molecule has 0 saturated carbocycles. The lowest BCUT2D eigenvalue weighted by atomic mass is 10.1. The predicted octanol–water partition coefficient (Wildman–Crippen LogP) is 3.42. The molecular weight excluding hydrogens is 304 g/mol. The number of methoxy groups -OCH3 is 1. The van der Waals surface area contributed by atoms with Gasteiger partial charge < -0.3 is 18.8 Å². The quantitative estimate of drug-likeness (QED) is 0.703. The van der Waals surface area contributed by atoms with Crippen molar-refractivity contribution < 1.29 is 13.9 Å². The predicted molar refractivity (Wildman–Crippen MR) is 95.6 cm³/mol. The molecule has 0 radical (unpaired) electrons. The van der Waals surface area contributed by atoms with Crippen molar-refractivity contribution in [3.8, 4) is 11.5 Å². The smallest absolute Gasteiger partial charge is 0.165 e. The molecule has 0 unspecified atom stereocenters. The van der Waals surface area contributed by atoms with Crippen LogP contribution in [-0.2, 0) is 6.54 Å². The summed E-state index contributed by atoms with van der Waals surface area (Å²) in [5, 5.41) is 0. The molecule has 0 saturated heterocycles. The van der Waals surface area contributed by atoms with Gasteiger partial charge in [-0.25, -0.2) is 0 Å². The van der Waals surface area contributed by atoms with E-state index in [0.29, 0.717) is 6.61 Å². The minimum atomic E-state index is 0.181. The van der Waals surface area contributed by atoms with Crippen molar-refractivity contribution in [2.24, 2.45) is 0 Å². The molecule has 0 aliphatic heterocycles. The summed E-state index contributed by atoms with van der Waals surface area (Å²) < 4.78 is 17.0. The molecule has 132 valence electrons. The van der Waals surface area contributed by atoms with E-state index < -0.39 is 0 Å². The Hall–Kier alpha value is -1.98. The van der Waals surface area contributed by atoms with Gasteiger partial charge in [-0.2, -0.15) is 0 Å². The number of ether oxygens (including phenoxy) is 2. The van der Waals surface area contributed by atoms with Gasteiger partial charge in [-0.05, 0) is 46.3 Å². The third kappa shape index (κ3) is 4.76. The van der Waals surface area contributed by atoms with Crippen LogP contribution in [0.2, 0.25) is 0 Å². The average molecular weight is 332 g/mol. The zero-order valence-electron chi connectivity index (χ0n) is 15.3. The number of hydrogen-bond acceptors (Lipinski definition) is 5. The van der Waals surface area contributed by atoms with E-state index in [1.165, 1.54) is 0 Å². The minimum Gasteiger partial charge on any atom is -0.493 e. The van der Waals surface area contributed by atoms with Gasteiger partial charge in [-0.15, -0.1) is 0 Å². The minimum absolute atomic E-state index is 0.181. The van der Waals surface area contributed by atoms with Crippen LogP contribution in [-0.4, -0.2) is 51.2 Å². The molecule has 24 heavy (non-hydrogen) atoms. The van der Waals surface area contributed by atoms with Crippen LogP contribution in [0.1, 0.15) is 24.3 Å². The fraction of sp³-hybridized carbons (Fsp3) is 0.474. The SMILES string of the molecule is COc1cccc(CN(C)[C@@H](C)c2ccco2)c1OCCN(C)C. The van der Waals surface area contributed by atoms with Gasteiger partial charge >= 0.3 is 0 Å². The van der Waals surface area contributed by atoms with Crippen molar-refractivity contribution in [3.63, 3.8) is 0 Å². The molecule has 1 heterocycles. The summed E-state index contributed by atoms with van der Waals surface area (Å²) in [4.78, 5) is 4.33. The Morgan fingerprint density at radius 2 is 1.92 bits per heavy atom. The number of furan rings is 1. The lowest BCUT2D eigenvalue weighted by Gasteiger charge is -2.25. The van der Waals surface area contributed by atoms with Gasteiger partial charge in [-0.1, -0.05) is 12.1 Å². The number of nitrogens with zero attached hydrogens (tertiary/aromatic N) is 2. The van der Waals surface area contributed by atoms with Crippen LogP contribution in [0.4, 0.5) is 0 Å². The molecule has 2 aromatic rings. The molecule has 1 aromatic heterocycles. The summed E-state index contributed by atoms with van der Waals surface area (Å²) in [6.07, 6.45) is 1.71. The molecule has 5 heteroatoms. The van der Waals surface area contributed by atoms with Gasteiger partial charge in [0.05, 0.1) is 19.4 Å². The molecule has 0 bridgehead atoms. The summed E-state index contributed by atoms with van der Waals surface area (Å²) in [5.41, 5.74) is 1.11. The molecule has 0 spiro atoms. The van der Waals surface area contributed by atoms with Gasteiger partial charge in [0.2, 0.25) is 0 Å². The summed E-state index contributed by atoms with van der Waals surface area (Å²) in [6, 6.07) is 10.1. The first kappa shape index (κ1) is 18.4. The largest absolute Gasteiger partial charge is 0.493 e. The first-order valence-corrected chi connectivity index (χ1v) is 8.20. The Morgan fingerprint density at radius 1 is 1.12 bits per heavy atom. The van der Waals surface area contributed by atoms with E-state index in [2.05, 4.69) is 29.8 Å². The van der Waals surface area contributed by atoms with Crippen molar-refractivity contribution >= 4 is 0 Å². The highest BCUT2D eigenvalue weighted by Crippen LogP contribution is 2.33. The third-order valence-electron chi connectivity index (χ3n) is 4.10. The first-order valence-electron chi connectivity index (χ1n) is 8.20. The van der Waals surface area contributed by atoms with Crippen LogP contribution in [0.15, 0.2) is 41.0 Å². The molecule has 0 aliphatic rings. The van der Waals surface area contributed by atoms with Gasteiger partial charge in [0.25, 0.3) is 0 Å². The molecule has 2 rings (SSSR count). The number of hydrogen-bond donors (Lipinski definition) is 0. The molecule has 5 nitrogen and oxygen atoms in total. The van der Waals surface area contributed by atoms with Crippen LogP contribution in [0.5, 0.6) is 11.5 Å². The number of likely N-dealkylation sites (N-methyl/N-ethyl adjacent to an activating group) is 1. The second-order valence-corrected chi connectivity index (χ2v) is 6.21. The van der Waals surface area contributed by atoms with E-state index in [1.807, 2.05) is 38.4 Å². The maximum Gasteiger partial charge on any atom is 0.165 e. The first-order chi connectivity index (χ1) is 11.5. The van der Waals surface area contributed by atoms with Gasteiger partial charge in [-0.3, -0.25) is 4.90 Å². The van der Waals surface area contributed by atoms with Gasteiger partial charge in [0.1, 0.15) is 12.4 Å². The summed E-state index contributed by atoms with van der Waals surface area (Å²) >= 11 is 0. The van der Waals surface area contributed by atoms with Gasteiger partial charge in [0, 0.05) is 18.7 Å². The average Bonchev–Trinajstić information content (AvgIpc) is 3.09. The van der Waals surface area contributed by atoms with E-state index in [4.69, 9.17) is 13.9 Å². The van der Waals surface area contributed by atoms with E-state index >= 15 is 0 Å². The molecule has 0 N–H and O–H groups in total. The van der Waals surface area contributed by atoms with Gasteiger partial charge in [0.15, 0.2) is 11.5 Å². The third-order valence-corrected chi connectivity index (χ3v) is 4.10. The van der Waals surface area contributed by atoms with E-state index in [9.17, 15) is 0 Å². The molecule has 1 aromatic carbocycles. The summed E-state index contributed by atoms with van der Waals surface area (Å²) in [5.74, 6) is 2.54. The molecule has 0 aliphatic carbocycles. The van der Waals surface area contributed by atoms with Crippen LogP contribution in [0, 0.1) is 0 Å². The summed E-state index contributed by atoms with van der Waals surface area (Å²) in [6.45, 7) is 4.36.